The molecule has 0 spiro atoms. The lowest BCUT2D eigenvalue weighted by atomic mass is 10.0. The Morgan fingerprint density at radius 1 is 1.07 bits per heavy atom. The molecular formula is C32H32F3N7O3S. The van der Waals surface area contributed by atoms with Gasteiger partial charge in [-0.1, -0.05) is 24.9 Å². The van der Waals surface area contributed by atoms with Crippen molar-refractivity contribution in [2.45, 2.75) is 19.6 Å². The molecule has 0 atom stereocenters. The van der Waals surface area contributed by atoms with Crippen molar-refractivity contribution in [3.05, 3.63) is 89.5 Å². The van der Waals surface area contributed by atoms with E-state index in [1.165, 1.54) is 30.7 Å². The van der Waals surface area contributed by atoms with E-state index in [1.807, 2.05) is 11.8 Å². The minimum absolute atomic E-state index is 0.0434. The van der Waals surface area contributed by atoms with Crippen molar-refractivity contribution in [2.75, 3.05) is 44.6 Å². The van der Waals surface area contributed by atoms with Crippen LogP contribution in [0, 0.1) is 6.92 Å². The van der Waals surface area contributed by atoms with E-state index < -0.39 is 17.6 Å². The van der Waals surface area contributed by atoms with Crippen molar-refractivity contribution in [3.8, 4) is 23.0 Å². The van der Waals surface area contributed by atoms with E-state index in [9.17, 15) is 18.0 Å². The summed E-state index contributed by atoms with van der Waals surface area (Å²) >= 11 is 4.01. The SMILES string of the molecule is Cc1ccc(C(=O)Nc2ccc(CN3CCN(CCNS)CC3)c(C(F)(F)F)c2)cc1Oc1nc(-c2ccoc2)nc2cc[nH]c12. The molecule has 4 heterocycles. The van der Waals surface area contributed by atoms with Gasteiger partial charge in [0, 0.05) is 63.3 Å². The maximum Gasteiger partial charge on any atom is 0.416 e. The molecule has 5 aromatic rings. The maximum atomic E-state index is 14.2. The number of amides is 1. The third kappa shape index (κ3) is 7.20. The van der Waals surface area contributed by atoms with Crippen LogP contribution in [0.2, 0.25) is 0 Å². The summed E-state index contributed by atoms with van der Waals surface area (Å²) in [6.45, 7) is 6.41. The maximum absolute atomic E-state index is 14.2. The Balaban J connectivity index is 1.18. The summed E-state index contributed by atoms with van der Waals surface area (Å²) < 4.78 is 56.7. The van der Waals surface area contributed by atoms with Crippen LogP contribution in [0.5, 0.6) is 11.6 Å². The molecule has 0 aliphatic carbocycles. The molecule has 0 radical (unpaired) electrons. The molecular weight excluding hydrogens is 619 g/mol. The summed E-state index contributed by atoms with van der Waals surface area (Å²) in [6.07, 6.45) is 0.171. The zero-order valence-corrected chi connectivity index (χ0v) is 25.8. The number of hydrogen-bond acceptors (Lipinski definition) is 9. The highest BCUT2D eigenvalue weighted by Gasteiger charge is 2.34. The second-order valence-corrected chi connectivity index (χ2v) is 11.4. The normalized spacial score (nSPS) is 14.5. The summed E-state index contributed by atoms with van der Waals surface area (Å²) in [4.78, 5) is 29.7. The van der Waals surface area contributed by atoms with Gasteiger partial charge in [0.15, 0.2) is 5.82 Å². The summed E-state index contributed by atoms with van der Waals surface area (Å²) in [5, 5.41) is 2.62. The number of rotatable bonds is 10. The molecule has 1 saturated heterocycles. The first-order valence-electron chi connectivity index (χ1n) is 14.7. The first-order valence-corrected chi connectivity index (χ1v) is 15.1. The lowest BCUT2D eigenvalue weighted by molar-refractivity contribution is -0.138. The number of nitrogens with zero attached hydrogens (tertiary/aromatic N) is 4. The Bertz CT molecular complexity index is 1820. The highest BCUT2D eigenvalue weighted by atomic mass is 32.1. The molecule has 1 amide bonds. The van der Waals surface area contributed by atoms with Gasteiger partial charge in [-0.2, -0.15) is 18.2 Å². The molecule has 1 aliphatic heterocycles. The van der Waals surface area contributed by atoms with Gasteiger partial charge in [0.05, 0.1) is 22.9 Å². The number of anilines is 1. The molecule has 2 aromatic carbocycles. The summed E-state index contributed by atoms with van der Waals surface area (Å²) in [5.41, 5.74) is 2.22. The number of ether oxygens (including phenoxy) is 1. The number of thiol groups is 1. The summed E-state index contributed by atoms with van der Waals surface area (Å²) in [6, 6.07) is 12.3. The fourth-order valence-electron chi connectivity index (χ4n) is 5.35. The van der Waals surface area contributed by atoms with Gasteiger partial charge >= 0.3 is 6.18 Å². The summed E-state index contributed by atoms with van der Waals surface area (Å²) in [7, 11) is 0. The molecule has 1 fully saturated rings. The van der Waals surface area contributed by atoms with Gasteiger partial charge in [-0.15, -0.1) is 0 Å². The van der Waals surface area contributed by atoms with Gasteiger partial charge in [0.25, 0.3) is 5.91 Å². The molecule has 10 nitrogen and oxygen atoms in total. The number of fused-ring (bicyclic) bond motifs is 1. The number of halogens is 3. The predicted molar refractivity (Wildman–Crippen MR) is 171 cm³/mol. The van der Waals surface area contributed by atoms with E-state index in [-0.39, 0.29) is 29.2 Å². The van der Waals surface area contributed by atoms with Crippen LogP contribution < -0.4 is 14.8 Å². The van der Waals surface area contributed by atoms with Gasteiger partial charge in [-0.25, -0.2) is 4.98 Å². The zero-order valence-electron chi connectivity index (χ0n) is 24.9. The first kappa shape index (κ1) is 31.6. The molecule has 3 aromatic heterocycles. The third-order valence-electron chi connectivity index (χ3n) is 7.88. The van der Waals surface area contributed by atoms with Crippen molar-refractivity contribution in [1.82, 2.24) is 29.5 Å². The van der Waals surface area contributed by atoms with Crippen LogP contribution in [0.15, 0.2) is 71.7 Å². The average molecular weight is 652 g/mol. The van der Waals surface area contributed by atoms with Gasteiger partial charge in [0.1, 0.15) is 17.5 Å². The van der Waals surface area contributed by atoms with Gasteiger partial charge in [-0.05, 0) is 54.4 Å². The second-order valence-electron chi connectivity index (χ2n) is 11.0. The number of benzene rings is 2. The highest BCUT2D eigenvalue weighted by Crippen LogP contribution is 2.35. The quantitative estimate of drug-likeness (QED) is 0.133. The molecule has 6 rings (SSSR count). The molecule has 0 bridgehead atoms. The largest absolute Gasteiger partial charge is 0.472 e. The lowest BCUT2D eigenvalue weighted by Crippen LogP contribution is -2.47. The van der Waals surface area contributed by atoms with Crippen LogP contribution in [-0.2, 0) is 12.7 Å². The molecule has 0 saturated carbocycles. The van der Waals surface area contributed by atoms with Crippen molar-refractivity contribution < 1.29 is 27.1 Å². The first-order chi connectivity index (χ1) is 22.2. The number of aromatic nitrogens is 3. The number of hydrogen-bond donors (Lipinski definition) is 4. The van der Waals surface area contributed by atoms with Crippen molar-refractivity contribution in [1.29, 1.82) is 0 Å². The number of nitrogens with one attached hydrogen (secondary N) is 3. The van der Waals surface area contributed by atoms with E-state index in [0.29, 0.717) is 41.3 Å². The van der Waals surface area contributed by atoms with Crippen molar-refractivity contribution >= 4 is 35.4 Å². The monoisotopic (exact) mass is 651 g/mol. The number of carbonyl (C=O) groups excluding carboxylic acids is 1. The number of furan rings is 1. The van der Waals surface area contributed by atoms with E-state index in [1.54, 1.807) is 30.5 Å². The Labute approximate surface area is 268 Å². The van der Waals surface area contributed by atoms with Crippen LogP contribution in [0.1, 0.15) is 27.0 Å². The van der Waals surface area contributed by atoms with E-state index >= 15 is 0 Å². The van der Waals surface area contributed by atoms with Crippen molar-refractivity contribution in [2.24, 2.45) is 0 Å². The Morgan fingerprint density at radius 3 is 2.61 bits per heavy atom. The Morgan fingerprint density at radius 2 is 1.87 bits per heavy atom. The summed E-state index contributed by atoms with van der Waals surface area (Å²) in [5.74, 6) is 0.418. The fourth-order valence-corrected chi connectivity index (χ4v) is 5.45. The van der Waals surface area contributed by atoms with E-state index in [2.05, 4.69) is 42.7 Å². The third-order valence-corrected chi connectivity index (χ3v) is 8.10. The van der Waals surface area contributed by atoms with Gasteiger partial charge in [-0.3, -0.25) is 19.3 Å². The van der Waals surface area contributed by atoms with Crippen LogP contribution in [0.4, 0.5) is 18.9 Å². The van der Waals surface area contributed by atoms with E-state index in [4.69, 9.17) is 9.15 Å². The number of aromatic amines is 1. The minimum Gasteiger partial charge on any atom is -0.472 e. The van der Waals surface area contributed by atoms with Crippen LogP contribution in [-0.4, -0.2) is 69.9 Å². The Hall–Kier alpha value is -4.37. The number of piperazine rings is 1. The Kier molecular flexibility index (Phi) is 9.31. The molecule has 1 aliphatic rings. The molecule has 240 valence electrons. The predicted octanol–water partition coefficient (Wildman–Crippen LogP) is 6.14. The number of alkyl halides is 3. The fraction of sp³-hybridized carbons (Fsp3) is 0.281. The lowest BCUT2D eigenvalue weighted by Gasteiger charge is -2.35. The van der Waals surface area contributed by atoms with Gasteiger partial charge < -0.3 is 19.5 Å². The van der Waals surface area contributed by atoms with Gasteiger partial charge in [0.2, 0.25) is 5.88 Å². The average Bonchev–Trinajstić information content (AvgIpc) is 3.75. The topological polar surface area (TPSA) is 112 Å². The number of carbonyl (C=O) groups is 1. The van der Waals surface area contributed by atoms with Crippen LogP contribution >= 0.6 is 12.8 Å². The molecule has 0 unspecified atom stereocenters. The molecule has 46 heavy (non-hydrogen) atoms. The van der Waals surface area contributed by atoms with Crippen LogP contribution in [0.3, 0.4) is 0 Å². The second kappa shape index (κ2) is 13.5. The number of H-pyrrole nitrogens is 1. The minimum atomic E-state index is -4.59. The van der Waals surface area contributed by atoms with E-state index in [0.717, 1.165) is 37.8 Å². The standard InChI is InChI=1S/C32H32F3N7O3S/c1-20-2-3-21(16-27(20)45-31-28-26(6-8-36-28)39-29(40-31)23-7-15-44-19-23)30(43)38-24-5-4-22(25(17-24)32(33,34)35)18-42-13-11-41(12-14-42)10-9-37-46/h2-8,15-17,19,36-37,46H,9-14,18H2,1H3,(H,38,43). The number of aryl methyl sites for hydroxylation is 1. The zero-order chi connectivity index (χ0) is 32.3. The van der Waals surface area contributed by atoms with Crippen LogP contribution in [0.25, 0.3) is 22.4 Å². The molecule has 3 N–H and O–H groups in total. The highest BCUT2D eigenvalue weighted by molar-refractivity contribution is 7.78. The molecule has 14 heteroatoms. The smallest absolute Gasteiger partial charge is 0.416 e. The van der Waals surface area contributed by atoms with Crippen molar-refractivity contribution in [3.63, 3.8) is 0 Å².